The van der Waals surface area contributed by atoms with Gasteiger partial charge in [0.2, 0.25) is 17.8 Å². The number of nitrogens with one attached hydrogen (secondary N) is 2. The zero-order valence-corrected chi connectivity index (χ0v) is 15.5. The molecule has 0 unspecified atom stereocenters. The molecular formula is C18H25N7O2. The number of ether oxygens (including phenoxy) is 2. The van der Waals surface area contributed by atoms with Gasteiger partial charge in [0, 0.05) is 45.0 Å². The third-order valence-electron chi connectivity index (χ3n) is 4.65. The zero-order valence-electron chi connectivity index (χ0n) is 15.5. The van der Waals surface area contributed by atoms with Gasteiger partial charge in [-0.25, -0.2) is 0 Å². The van der Waals surface area contributed by atoms with Gasteiger partial charge in [-0.2, -0.15) is 15.0 Å². The van der Waals surface area contributed by atoms with Crippen LogP contribution in [0.5, 0.6) is 5.75 Å². The minimum atomic E-state index is 0.546. The minimum absolute atomic E-state index is 0.546. The molecule has 2 aliphatic rings. The van der Waals surface area contributed by atoms with Crippen LogP contribution in [0.2, 0.25) is 0 Å². The highest BCUT2D eigenvalue weighted by Gasteiger charge is 2.20. The molecule has 2 saturated heterocycles. The summed E-state index contributed by atoms with van der Waals surface area (Å²) in [4.78, 5) is 18.4. The molecule has 0 saturated carbocycles. The van der Waals surface area contributed by atoms with Crippen molar-refractivity contribution in [1.29, 1.82) is 0 Å². The second-order valence-corrected chi connectivity index (χ2v) is 6.45. The summed E-state index contributed by atoms with van der Waals surface area (Å²) in [6.07, 6.45) is 0. The Morgan fingerprint density at radius 3 is 2.19 bits per heavy atom. The fraction of sp³-hybridized carbons (Fsp3) is 0.500. The zero-order chi connectivity index (χ0) is 18.5. The first-order chi connectivity index (χ1) is 13.3. The van der Waals surface area contributed by atoms with E-state index in [1.165, 1.54) is 0 Å². The lowest BCUT2D eigenvalue weighted by molar-refractivity contribution is 0.122. The molecule has 4 rings (SSSR count). The van der Waals surface area contributed by atoms with Gasteiger partial charge in [0.25, 0.3) is 0 Å². The molecule has 2 aromatic rings. The Balaban J connectivity index is 1.61. The van der Waals surface area contributed by atoms with Crippen LogP contribution in [0.25, 0.3) is 0 Å². The number of rotatable bonds is 5. The molecule has 9 nitrogen and oxygen atoms in total. The van der Waals surface area contributed by atoms with Crippen LogP contribution < -0.4 is 25.2 Å². The summed E-state index contributed by atoms with van der Waals surface area (Å²) in [7, 11) is 1.66. The normalized spacial score (nSPS) is 17.7. The van der Waals surface area contributed by atoms with Crippen LogP contribution >= 0.6 is 0 Å². The Hall–Kier alpha value is -2.65. The lowest BCUT2D eigenvalue weighted by atomic mass is 10.3. The van der Waals surface area contributed by atoms with Crippen molar-refractivity contribution in [3.05, 3.63) is 24.3 Å². The maximum absolute atomic E-state index is 5.46. The van der Waals surface area contributed by atoms with Crippen LogP contribution in [-0.2, 0) is 4.74 Å². The van der Waals surface area contributed by atoms with Crippen molar-refractivity contribution < 1.29 is 9.47 Å². The molecule has 2 N–H and O–H groups in total. The van der Waals surface area contributed by atoms with Crippen molar-refractivity contribution in [1.82, 2.24) is 20.3 Å². The molecule has 1 aromatic heterocycles. The van der Waals surface area contributed by atoms with E-state index in [4.69, 9.17) is 14.5 Å². The SMILES string of the molecule is COc1ccc(Nc2nc(N3CCNCC3)nc(N3CCOCC3)n2)cc1. The van der Waals surface area contributed by atoms with Crippen LogP contribution in [0.15, 0.2) is 24.3 Å². The number of anilines is 4. The number of hydrogen-bond acceptors (Lipinski definition) is 9. The van der Waals surface area contributed by atoms with Crippen LogP contribution in [-0.4, -0.2) is 74.5 Å². The summed E-state index contributed by atoms with van der Waals surface area (Å²) in [5, 5.41) is 6.66. The smallest absolute Gasteiger partial charge is 0.233 e. The molecule has 0 atom stereocenters. The number of aromatic nitrogens is 3. The number of nitrogens with zero attached hydrogens (tertiary/aromatic N) is 5. The fourth-order valence-corrected chi connectivity index (χ4v) is 3.12. The van der Waals surface area contributed by atoms with Crippen molar-refractivity contribution in [2.45, 2.75) is 0 Å². The van der Waals surface area contributed by atoms with E-state index >= 15 is 0 Å². The molecule has 0 radical (unpaired) electrons. The molecule has 0 spiro atoms. The fourth-order valence-electron chi connectivity index (χ4n) is 3.12. The van der Waals surface area contributed by atoms with Gasteiger partial charge in [-0.3, -0.25) is 0 Å². The van der Waals surface area contributed by atoms with Crippen molar-refractivity contribution >= 4 is 23.5 Å². The number of hydrogen-bond donors (Lipinski definition) is 2. The highest BCUT2D eigenvalue weighted by molar-refractivity contribution is 5.57. The van der Waals surface area contributed by atoms with Crippen molar-refractivity contribution in [2.24, 2.45) is 0 Å². The first kappa shape index (κ1) is 17.7. The Labute approximate surface area is 158 Å². The molecule has 1 aromatic carbocycles. The quantitative estimate of drug-likeness (QED) is 0.795. The maximum Gasteiger partial charge on any atom is 0.233 e. The van der Waals surface area contributed by atoms with Gasteiger partial charge in [0.1, 0.15) is 5.75 Å². The summed E-state index contributed by atoms with van der Waals surface area (Å²) >= 11 is 0. The highest BCUT2D eigenvalue weighted by atomic mass is 16.5. The lowest BCUT2D eigenvalue weighted by Gasteiger charge is -2.30. The van der Waals surface area contributed by atoms with E-state index < -0.39 is 0 Å². The van der Waals surface area contributed by atoms with Gasteiger partial charge < -0.3 is 29.9 Å². The first-order valence-electron chi connectivity index (χ1n) is 9.27. The Morgan fingerprint density at radius 2 is 1.56 bits per heavy atom. The molecular weight excluding hydrogens is 346 g/mol. The van der Waals surface area contributed by atoms with Gasteiger partial charge in [-0.15, -0.1) is 0 Å². The van der Waals surface area contributed by atoms with Crippen LogP contribution in [0, 0.1) is 0 Å². The molecule has 2 fully saturated rings. The monoisotopic (exact) mass is 371 g/mol. The average Bonchev–Trinajstić information content (AvgIpc) is 2.75. The molecule has 0 aliphatic carbocycles. The van der Waals surface area contributed by atoms with E-state index in [0.29, 0.717) is 31.1 Å². The van der Waals surface area contributed by atoms with Gasteiger partial charge in [-0.05, 0) is 24.3 Å². The van der Waals surface area contributed by atoms with E-state index in [-0.39, 0.29) is 0 Å². The van der Waals surface area contributed by atoms with Gasteiger partial charge in [0.15, 0.2) is 0 Å². The van der Waals surface area contributed by atoms with E-state index in [1.807, 2.05) is 24.3 Å². The Bertz CT molecular complexity index is 708. The van der Waals surface area contributed by atoms with Crippen LogP contribution in [0.4, 0.5) is 23.5 Å². The van der Waals surface area contributed by atoms with E-state index in [1.54, 1.807) is 7.11 Å². The second kappa shape index (κ2) is 8.36. The summed E-state index contributed by atoms with van der Waals surface area (Å²) in [6, 6.07) is 7.70. The van der Waals surface area contributed by atoms with Crippen LogP contribution in [0.3, 0.4) is 0 Å². The van der Waals surface area contributed by atoms with Crippen molar-refractivity contribution in [3.63, 3.8) is 0 Å². The summed E-state index contributed by atoms with van der Waals surface area (Å²) < 4.78 is 10.7. The third-order valence-corrected chi connectivity index (χ3v) is 4.65. The highest BCUT2D eigenvalue weighted by Crippen LogP contribution is 2.22. The van der Waals surface area contributed by atoms with Gasteiger partial charge >= 0.3 is 0 Å². The third kappa shape index (κ3) is 4.37. The van der Waals surface area contributed by atoms with Gasteiger partial charge in [0.05, 0.1) is 20.3 Å². The van der Waals surface area contributed by atoms with E-state index in [9.17, 15) is 0 Å². The largest absolute Gasteiger partial charge is 0.497 e. The van der Waals surface area contributed by atoms with Crippen molar-refractivity contribution in [3.8, 4) is 5.75 Å². The van der Waals surface area contributed by atoms with E-state index in [0.717, 1.165) is 50.7 Å². The molecule has 3 heterocycles. The van der Waals surface area contributed by atoms with Crippen LogP contribution in [0.1, 0.15) is 0 Å². The predicted octanol–water partition coefficient (Wildman–Crippen LogP) is 0.870. The Kier molecular flexibility index (Phi) is 5.50. The molecule has 0 bridgehead atoms. The maximum atomic E-state index is 5.46. The standard InChI is InChI=1S/C18H25N7O2/c1-26-15-4-2-14(3-5-15)20-16-21-17(24-8-6-19-7-9-24)23-18(22-16)25-10-12-27-13-11-25/h2-5,19H,6-13H2,1H3,(H,20,21,22,23). The molecule has 2 aliphatic heterocycles. The summed E-state index contributed by atoms with van der Waals surface area (Å²) in [5.74, 6) is 2.76. The average molecular weight is 371 g/mol. The minimum Gasteiger partial charge on any atom is -0.497 e. The Morgan fingerprint density at radius 1 is 0.926 bits per heavy atom. The topological polar surface area (TPSA) is 87.7 Å². The molecule has 27 heavy (non-hydrogen) atoms. The molecule has 9 heteroatoms. The first-order valence-corrected chi connectivity index (χ1v) is 9.27. The number of piperazine rings is 1. The lowest BCUT2D eigenvalue weighted by Crippen LogP contribution is -2.44. The van der Waals surface area contributed by atoms with E-state index in [2.05, 4.69) is 30.4 Å². The van der Waals surface area contributed by atoms with Crippen molar-refractivity contribution in [2.75, 3.05) is 74.7 Å². The summed E-state index contributed by atoms with van der Waals surface area (Å²) in [5.41, 5.74) is 0.904. The second-order valence-electron chi connectivity index (χ2n) is 6.45. The molecule has 0 amide bonds. The number of methoxy groups -OCH3 is 1. The summed E-state index contributed by atoms with van der Waals surface area (Å²) in [6.45, 7) is 6.58. The number of benzene rings is 1. The predicted molar refractivity (Wildman–Crippen MR) is 104 cm³/mol. The van der Waals surface area contributed by atoms with Gasteiger partial charge in [-0.1, -0.05) is 0 Å². The number of morpholine rings is 1. The molecule has 144 valence electrons.